The van der Waals surface area contributed by atoms with Crippen molar-refractivity contribution >= 4 is 23.1 Å². The molecule has 2 nitrogen and oxygen atoms in total. The highest BCUT2D eigenvalue weighted by Crippen LogP contribution is 2.31. The maximum absolute atomic E-state index is 13.3. The first-order valence-electron chi connectivity index (χ1n) is 6.14. The minimum Gasteiger partial charge on any atom is -0.395 e. The van der Waals surface area contributed by atoms with Gasteiger partial charge in [0.15, 0.2) is 5.82 Å². The summed E-state index contributed by atoms with van der Waals surface area (Å²) in [5.74, 6) is -1.29. The molecule has 0 unspecified atom stereocenters. The Morgan fingerprint density at radius 1 is 1.22 bits per heavy atom. The lowest BCUT2D eigenvalue weighted by molar-refractivity contribution is 0.473. The summed E-state index contributed by atoms with van der Waals surface area (Å²) in [6, 6.07) is 2.33. The van der Waals surface area contributed by atoms with Gasteiger partial charge in [-0.25, -0.2) is 8.78 Å². The van der Waals surface area contributed by atoms with Gasteiger partial charge in [0.2, 0.25) is 0 Å². The summed E-state index contributed by atoms with van der Waals surface area (Å²) < 4.78 is 26.4. The first-order valence-corrected chi connectivity index (χ1v) is 7.42. The van der Waals surface area contributed by atoms with E-state index in [1.165, 1.54) is 6.07 Å². The predicted octanol–water partition coefficient (Wildman–Crippen LogP) is 3.63. The van der Waals surface area contributed by atoms with Gasteiger partial charge in [0, 0.05) is 17.4 Å². The number of thioether (sulfide) groups is 1. The molecule has 1 aromatic rings. The largest absolute Gasteiger partial charge is 0.395 e. The molecule has 1 aliphatic rings. The predicted molar refractivity (Wildman–Crippen MR) is 74.0 cm³/mol. The lowest BCUT2D eigenvalue weighted by atomic mass is 9.94. The van der Waals surface area contributed by atoms with E-state index in [0.717, 1.165) is 31.7 Å². The van der Waals surface area contributed by atoms with Crippen LogP contribution in [-0.2, 0) is 0 Å². The summed E-state index contributed by atoms with van der Waals surface area (Å²) in [5.41, 5.74) is 5.99. The molecule has 0 amide bonds. The molecule has 0 saturated heterocycles. The van der Waals surface area contributed by atoms with Gasteiger partial charge in [0.25, 0.3) is 0 Å². The van der Waals surface area contributed by atoms with Crippen LogP contribution in [0.3, 0.4) is 0 Å². The highest BCUT2D eigenvalue weighted by molar-refractivity contribution is 7.99. The topological polar surface area (TPSA) is 38.0 Å². The molecule has 0 bridgehead atoms. The van der Waals surface area contributed by atoms with Crippen LogP contribution in [0.1, 0.15) is 25.7 Å². The quantitative estimate of drug-likeness (QED) is 0.825. The number of benzene rings is 1. The van der Waals surface area contributed by atoms with Crippen molar-refractivity contribution in [3.8, 4) is 0 Å². The van der Waals surface area contributed by atoms with Gasteiger partial charge in [-0.2, -0.15) is 11.8 Å². The summed E-state index contributed by atoms with van der Waals surface area (Å²) in [4.78, 5) is 0. The molecular formula is C13H18F2N2S. The SMILES string of the molecule is CSC1CCC(Nc2cc(F)cc(F)c2N)CC1. The smallest absolute Gasteiger partial charge is 0.151 e. The molecule has 0 spiro atoms. The molecule has 2 rings (SSSR count). The molecule has 1 saturated carbocycles. The zero-order chi connectivity index (χ0) is 13.1. The van der Waals surface area contributed by atoms with Crippen molar-refractivity contribution in [2.75, 3.05) is 17.3 Å². The van der Waals surface area contributed by atoms with Crippen LogP contribution in [0.4, 0.5) is 20.2 Å². The molecular weight excluding hydrogens is 254 g/mol. The van der Waals surface area contributed by atoms with Crippen LogP contribution in [0.15, 0.2) is 12.1 Å². The summed E-state index contributed by atoms with van der Waals surface area (Å²) >= 11 is 1.89. The van der Waals surface area contributed by atoms with Crippen LogP contribution in [0.2, 0.25) is 0 Å². The second-order valence-electron chi connectivity index (χ2n) is 4.70. The third-order valence-electron chi connectivity index (χ3n) is 3.46. The fourth-order valence-corrected chi connectivity index (χ4v) is 3.11. The average molecular weight is 272 g/mol. The minimum absolute atomic E-state index is 0.00314. The summed E-state index contributed by atoms with van der Waals surface area (Å²) in [6.07, 6.45) is 6.43. The number of nitrogen functional groups attached to an aromatic ring is 1. The zero-order valence-electron chi connectivity index (χ0n) is 10.4. The van der Waals surface area contributed by atoms with Gasteiger partial charge >= 0.3 is 0 Å². The van der Waals surface area contributed by atoms with E-state index < -0.39 is 11.6 Å². The Labute approximate surface area is 110 Å². The molecule has 3 N–H and O–H groups in total. The molecule has 0 heterocycles. The maximum Gasteiger partial charge on any atom is 0.151 e. The van der Waals surface area contributed by atoms with Gasteiger partial charge in [0.05, 0.1) is 11.4 Å². The van der Waals surface area contributed by atoms with E-state index in [-0.39, 0.29) is 11.7 Å². The van der Waals surface area contributed by atoms with E-state index >= 15 is 0 Å². The van der Waals surface area contributed by atoms with Gasteiger partial charge in [-0.05, 0) is 38.0 Å². The van der Waals surface area contributed by atoms with Crippen LogP contribution < -0.4 is 11.1 Å². The molecule has 1 fully saturated rings. The van der Waals surface area contributed by atoms with E-state index in [9.17, 15) is 8.78 Å². The van der Waals surface area contributed by atoms with Crippen molar-refractivity contribution in [2.45, 2.75) is 37.0 Å². The third-order valence-corrected chi connectivity index (χ3v) is 4.60. The lowest BCUT2D eigenvalue weighted by Gasteiger charge is -2.29. The van der Waals surface area contributed by atoms with Crippen molar-refractivity contribution in [3.05, 3.63) is 23.8 Å². The van der Waals surface area contributed by atoms with Gasteiger partial charge in [0.1, 0.15) is 5.82 Å². The normalized spacial score (nSPS) is 23.9. The molecule has 0 aliphatic heterocycles. The Hall–Kier alpha value is -0.970. The monoisotopic (exact) mass is 272 g/mol. The molecule has 0 atom stereocenters. The summed E-state index contributed by atoms with van der Waals surface area (Å²) in [7, 11) is 0. The van der Waals surface area contributed by atoms with E-state index in [0.29, 0.717) is 10.9 Å². The number of nitrogens with one attached hydrogen (secondary N) is 1. The van der Waals surface area contributed by atoms with Crippen LogP contribution in [0, 0.1) is 11.6 Å². The number of rotatable bonds is 3. The molecule has 1 aromatic carbocycles. The van der Waals surface area contributed by atoms with Gasteiger partial charge < -0.3 is 11.1 Å². The van der Waals surface area contributed by atoms with Crippen LogP contribution >= 0.6 is 11.8 Å². The Morgan fingerprint density at radius 2 is 1.89 bits per heavy atom. The third kappa shape index (κ3) is 3.07. The van der Waals surface area contributed by atoms with E-state index in [2.05, 4.69) is 11.6 Å². The summed E-state index contributed by atoms with van der Waals surface area (Å²) in [5, 5.41) is 3.87. The van der Waals surface area contributed by atoms with E-state index in [4.69, 9.17) is 5.73 Å². The molecule has 100 valence electrons. The first kappa shape index (κ1) is 13.5. The second kappa shape index (κ2) is 5.78. The van der Waals surface area contributed by atoms with E-state index in [1.54, 1.807) is 0 Å². The van der Waals surface area contributed by atoms with Crippen LogP contribution in [0.5, 0.6) is 0 Å². The number of hydrogen-bond donors (Lipinski definition) is 2. The van der Waals surface area contributed by atoms with Crippen molar-refractivity contribution in [2.24, 2.45) is 0 Å². The molecule has 1 aliphatic carbocycles. The lowest BCUT2D eigenvalue weighted by Crippen LogP contribution is -2.27. The minimum atomic E-state index is -0.699. The van der Waals surface area contributed by atoms with Gasteiger partial charge in [-0.3, -0.25) is 0 Å². The highest BCUT2D eigenvalue weighted by atomic mass is 32.2. The summed E-state index contributed by atoms with van der Waals surface area (Å²) in [6.45, 7) is 0. The Morgan fingerprint density at radius 3 is 2.50 bits per heavy atom. The van der Waals surface area contributed by atoms with Crippen molar-refractivity contribution < 1.29 is 8.78 Å². The maximum atomic E-state index is 13.3. The molecule has 5 heteroatoms. The second-order valence-corrected chi connectivity index (χ2v) is 5.84. The van der Waals surface area contributed by atoms with E-state index in [1.807, 2.05) is 11.8 Å². The molecule has 0 aromatic heterocycles. The van der Waals surface area contributed by atoms with Crippen molar-refractivity contribution in [1.29, 1.82) is 0 Å². The molecule has 0 radical (unpaired) electrons. The van der Waals surface area contributed by atoms with Crippen LogP contribution in [-0.4, -0.2) is 17.5 Å². The van der Waals surface area contributed by atoms with Gasteiger partial charge in [-0.1, -0.05) is 0 Å². The standard InChI is InChI=1S/C13H18F2N2S/c1-18-10-4-2-9(3-5-10)17-12-7-8(14)6-11(15)13(12)16/h6-7,9-10,17H,2-5,16H2,1H3. The Kier molecular flexibility index (Phi) is 4.32. The Balaban J connectivity index is 2.02. The van der Waals surface area contributed by atoms with Gasteiger partial charge in [-0.15, -0.1) is 0 Å². The average Bonchev–Trinajstić information content (AvgIpc) is 2.36. The van der Waals surface area contributed by atoms with Crippen molar-refractivity contribution in [1.82, 2.24) is 0 Å². The highest BCUT2D eigenvalue weighted by Gasteiger charge is 2.21. The zero-order valence-corrected chi connectivity index (χ0v) is 11.2. The van der Waals surface area contributed by atoms with Crippen molar-refractivity contribution in [3.63, 3.8) is 0 Å². The number of anilines is 2. The Bertz CT molecular complexity index is 418. The molecule has 18 heavy (non-hydrogen) atoms. The number of nitrogens with two attached hydrogens (primary N) is 1. The fourth-order valence-electron chi connectivity index (χ4n) is 2.37. The first-order chi connectivity index (χ1) is 8.60. The number of halogens is 2. The fraction of sp³-hybridized carbons (Fsp3) is 0.538. The number of hydrogen-bond acceptors (Lipinski definition) is 3. The van der Waals surface area contributed by atoms with Crippen LogP contribution in [0.25, 0.3) is 0 Å².